The van der Waals surface area contributed by atoms with Crippen molar-refractivity contribution in [2.75, 3.05) is 13.6 Å². The lowest BCUT2D eigenvalue weighted by atomic mass is 9.97. The number of nitrogens with zero attached hydrogens (tertiary/aromatic N) is 2. The smallest absolute Gasteiger partial charge is 0.253 e. The lowest BCUT2D eigenvalue weighted by molar-refractivity contribution is -0.126. The predicted octanol–water partition coefficient (Wildman–Crippen LogP) is 3.03. The molecule has 1 aliphatic heterocycles. The van der Waals surface area contributed by atoms with Gasteiger partial charge in [-0.3, -0.25) is 9.59 Å². The average molecular weight is 334 g/mol. The molecule has 0 atom stereocenters. The minimum absolute atomic E-state index is 0.0150. The maximum absolute atomic E-state index is 12.7. The van der Waals surface area contributed by atoms with Gasteiger partial charge in [0.2, 0.25) is 5.91 Å². The highest BCUT2D eigenvalue weighted by atomic mass is 16.2. The summed E-state index contributed by atoms with van der Waals surface area (Å²) in [7, 11) is 1.81. The first-order chi connectivity index (χ1) is 12.1. The molecule has 0 bridgehead atoms. The zero-order valence-electron chi connectivity index (χ0n) is 14.4. The van der Waals surface area contributed by atoms with Gasteiger partial charge in [0.05, 0.1) is 0 Å². The normalized spacial score (nSPS) is 13.1. The monoisotopic (exact) mass is 334 g/mol. The largest absolute Gasteiger partial charge is 0.337 e. The topological polar surface area (TPSA) is 40.6 Å². The molecular weight excluding hydrogens is 312 g/mol. The number of carbonyl (C=O) groups excluding carboxylic acids is 2. The van der Waals surface area contributed by atoms with Crippen molar-refractivity contribution in [1.82, 2.24) is 9.80 Å². The fourth-order valence-electron chi connectivity index (χ4n) is 3.16. The van der Waals surface area contributed by atoms with Crippen molar-refractivity contribution in [2.45, 2.75) is 19.5 Å². The Balaban J connectivity index is 1.76. The molecule has 4 heteroatoms. The van der Waals surface area contributed by atoms with Crippen LogP contribution < -0.4 is 0 Å². The van der Waals surface area contributed by atoms with E-state index in [4.69, 9.17) is 0 Å². The van der Waals surface area contributed by atoms with E-state index in [1.165, 1.54) is 11.6 Å². The van der Waals surface area contributed by atoms with E-state index >= 15 is 0 Å². The van der Waals surface area contributed by atoms with Gasteiger partial charge in [0, 0.05) is 32.2 Å². The quantitative estimate of drug-likeness (QED) is 0.807. The summed E-state index contributed by atoms with van der Waals surface area (Å²) in [6.45, 7) is 5.34. The van der Waals surface area contributed by atoms with Gasteiger partial charge in [-0.25, -0.2) is 0 Å². The van der Waals surface area contributed by atoms with E-state index in [0.29, 0.717) is 25.2 Å². The Kier molecular flexibility index (Phi) is 4.98. The molecule has 0 saturated heterocycles. The van der Waals surface area contributed by atoms with Gasteiger partial charge in [-0.2, -0.15) is 0 Å². The summed E-state index contributed by atoms with van der Waals surface area (Å²) in [6.07, 6.45) is 2.15. The molecule has 3 rings (SSSR count). The summed E-state index contributed by atoms with van der Waals surface area (Å²) in [4.78, 5) is 28.1. The second-order valence-corrected chi connectivity index (χ2v) is 6.34. The molecular formula is C21H22N2O2. The van der Waals surface area contributed by atoms with E-state index in [2.05, 4.69) is 6.58 Å². The van der Waals surface area contributed by atoms with Gasteiger partial charge in [0.1, 0.15) is 0 Å². The molecule has 0 saturated carbocycles. The Morgan fingerprint density at radius 1 is 1.16 bits per heavy atom. The highest BCUT2D eigenvalue weighted by Crippen LogP contribution is 2.21. The number of amides is 2. The molecule has 0 unspecified atom stereocenters. The lowest BCUT2D eigenvalue weighted by Crippen LogP contribution is -2.35. The molecule has 128 valence electrons. The second kappa shape index (κ2) is 7.34. The maximum Gasteiger partial charge on any atom is 0.253 e. The van der Waals surface area contributed by atoms with Crippen molar-refractivity contribution >= 4 is 11.8 Å². The van der Waals surface area contributed by atoms with Crippen molar-refractivity contribution in [3.63, 3.8) is 0 Å². The number of benzene rings is 2. The molecule has 4 nitrogen and oxygen atoms in total. The molecule has 0 fully saturated rings. The van der Waals surface area contributed by atoms with Crippen LogP contribution in [0.25, 0.3) is 0 Å². The predicted molar refractivity (Wildman–Crippen MR) is 98.0 cm³/mol. The van der Waals surface area contributed by atoms with Crippen molar-refractivity contribution in [2.24, 2.45) is 0 Å². The summed E-state index contributed by atoms with van der Waals surface area (Å²) in [5, 5.41) is 0. The fraction of sp³-hybridized carbons (Fsp3) is 0.238. The number of rotatable bonds is 4. The Labute approximate surface area is 148 Å². The highest BCUT2D eigenvalue weighted by Gasteiger charge is 2.21. The number of hydrogen-bond acceptors (Lipinski definition) is 2. The number of carbonyl (C=O) groups is 2. The van der Waals surface area contributed by atoms with Crippen LogP contribution >= 0.6 is 0 Å². The zero-order valence-corrected chi connectivity index (χ0v) is 14.4. The van der Waals surface area contributed by atoms with Crippen LogP contribution in [0.1, 0.15) is 27.0 Å². The minimum atomic E-state index is -0.0661. The van der Waals surface area contributed by atoms with Gasteiger partial charge in [0.15, 0.2) is 0 Å². The highest BCUT2D eigenvalue weighted by molar-refractivity contribution is 5.94. The van der Waals surface area contributed by atoms with Crippen LogP contribution in [-0.2, 0) is 24.3 Å². The van der Waals surface area contributed by atoms with Crippen LogP contribution in [0.5, 0.6) is 0 Å². The van der Waals surface area contributed by atoms with E-state index in [-0.39, 0.29) is 11.8 Å². The Hall–Kier alpha value is -2.88. The maximum atomic E-state index is 12.7. The molecule has 0 aliphatic carbocycles. The van der Waals surface area contributed by atoms with Gasteiger partial charge in [-0.05, 0) is 41.3 Å². The van der Waals surface area contributed by atoms with E-state index in [1.54, 1.807) is 9.80 Å². The molecule has 2 amide bonds. The molecule has 0 N–H and O–H groups in total. The van der Waals surface area contributed by atoms with Crippen LogP contribution in [0.15, 0.2) is 61.2 Å². The Morgan fingerprint density at radius 2 is 1.92 bits per heavy atom. The minimum Gasteiger partial charge on any atom is -0.337 e. The molecule has 0 spiro atoms. The number of fused-ring (bicyclic) bond motifs is 1. The molecule has 0 radical (unpaired) electrons. The van der Waals surface area contributed by atoms with Crippen LogP contribution in [0.2, 0.25) is 0 Å². The number of hydrogen-bond donors (Lipinski definition) is 0. The Morgan fingerprint density at radius 3 is 2.64 bits per heavy atom. The van der Waals surface area contributed by atoms with Crippen LogP contribution in [0.4, 0.5) is 0 Å². The van der Waals surface area contributed by atoms with Crippen LogP contribution in [0.3, 0.4) is 0 Å². The molecule has 25 heavy (non-hydrogen) atoms. The van der Waals surface area contributed by atoms with E-state index in [0.717, 1.165) is 17.5 Å². The van der Waals surface area contributed by atoms with Crippen molar-refractivity contribution < 1.29 is 9.59 Å². The van der Waals surface area contributed by atoms with Gasteiger partial charge in [-0.1, -0.05) is 43.0 Å². The van der Waals surface area contributed by atoms with Crippen LogP contribution in [-0.4, -0.2) is 35.2 Å². The first-order valence-electron chi connectivity index (χ1n) is 8.41. The third-order valence-electron chi connectivity index (χ3n) is 4.56. The van der Waals surface area contributed by atoms with E-state index < -0.39 is 0 Å². The SMILES string of the molecule is C=CC(=O)N1CCc2ccc(C(=O)N(C)Cc3ccccc3)cc2C1. The summed E-state index contributed by atoms with van der Waals surface area (Å²) < 4.78 is 0. The van der Waals surface area contributed by atoms with Gasteiger partial charge < -0.3 is 9.80 Å². The van der Waals surface area contributed by atoms with Crippen molar-refractivity contribution in [3.05, 3.63) is 83.4 Å². The molecule has 0 aromatic heterocycles. The fourth-order valence-corrected chi connectivity index (χ4v) is 3.16. The summed E-state index contributed by atoms with van der Waals surface area (Å²) in [5.74, 6) is -0.0811. The third kappa shape index (κ3) is 3.79. The first-order valence-corrected chi connectivity index (χ1v) is 8.41. The Bertz CT molecular complexity index is 799. The van der Waals surface area contributed by atoms with Crippen LogP contribution in [0, 0.1) is 0 Å². The second-order valence-electron chi connectivity index (χ2n) is 6.34. The first kappa shape index (κ1) is 17.0. The zero-order chi connectivity index (χ0) is 17.8. The summed E-state index contributed by atoms with van der Waals surface area (Å²) in [6, 6.07) is 15.7. The van der Waals surface area contributed by atoms with E-state index in [1.807, 2.05) is 55.6 Å². The summed E-state index contributed by atoms with van der Waals surface area (Å²) in [5.41, 5.74) is 4.00. The molecule has 2 aromatic carbocycles. The van der Waals surface area contributed by atoms with Gasteiger partial charge >= 0.3 is 0 Å². The lowest BCUT2D eigenvalue weighted by Gasteiger charge is -2.28. The van der Waals surface area contributed by atoms with E-state index in [9.17, 15) is 9.59 Å². The van der Waals surface area contributed by atoms with Gasteiger partial charge in [-0.15, -0.1) is 0 Å². The third-order valence-corrected chi connectivity index (χ3v) is 4.56. The standard InChI is InChI=1S/C21H22N2O2/c1-3-20(24)23-12-11-17-9-10-18(13-19(17)15-23)21(25)22(2)14-16-7-5-4-6-8-16/h3-10,13H,1,11-12,14-15H2,2H3. The summed E-state index contributed by atoms with van der Waals surface area (Å²) >= 11 is 0. The van der Waals surface area contributed by atoms with Crippen molar-refractivity contribution in [1.29, 1.82) is 0 Å². The molecule has 1 heterocycles. The van der Waals surface area contributed by atoms with Gasteiger partial charge in [0.25, 0.3) is 5.91 Å². The van der Waals surface area contributed by atoms with Crippen molar-refractivity contribution in [3.8, 4) is 0 Å². The molecule has 1 aliphatic rings. The average Bonchev–Trinajstić information content (AvgIpc) is 2.66. The molecule has 2 aromatic rings.